The van der Waals surface area contributed by atoms with E-state index >= 15 is 0 Å². The second-order valence-corrected chi connectivity index (χ2v) is 6.81. The fourth-order valence-corrected chi connectivity index (χ4v) is 3.12. The number of ketones is 1. The summed E-state index contributed by atoms with van der Waals surface area (Å²) in [5.41, 5.74) is 3.21. The summed E-state index contributed by atoms with van der Waals surface area (Å²) in [5.74, 6) is 1.73. The highest BCUT2D eigenvalue weighted by Gasteiger charge is 2.29. The number of rotatable bonds is 5. The van der Waals surface area contributed by atoms with Gasteiger partial charge in [-0.3, -0.25) is 4.79 Å². The first-order valence-corrected chi connectivity index (χ1v) is 8.84. The third-order valence-corrected chi connectivity index (χ3v) is 4.63. The predicted octanol–water partition coefficient (Wildman–Crippen LogP) is 4.62. The number of hydrogen-bond acceptors (Lipinski definition) is 5. The first-order valence-electron chi connectivity index (χ1n) is 8.84. The van der Waals surface area contributed by atoms with Crippen molar-refractivity contribution in [2.24, 2.45) is 0 Å². The van der Waals surface area contributed by atoms with Crippen molar-refractivity contribution in [2.45, 2.75) is 32.8 Å². The average Bonchev–Trinajstić information content (AvgIpc) is 2.65. The van der Waals surface area contributed by atoms with Crippen molar-refractivity contribution < 1.29 is 24.1 Å². The molecule has 27 heavy (non-hydrogen) atoms. The molecule has 0 saturated heterocycles. The van der Waals surface area contributed by atoms with Gasteiger partial charge in [-0.1, -0.05) is 17.7 Å². The molecule has 0 amide bonds. The maximum Gasteiger partial charge on any atom is 0.170 e. The minimum atomic E-state index is -0.437. The van der Waals surface area contributed by atoms with Gasteiger partial charge in [0.25, 0.3) is 0 Å². The van der Waals surface area contributed by atoms with Gasteiger partial charge in [-0.15, -0.1) is 0 Å². The molecule has 1 N–H and O–H groups in total. The van der Waals surface area contributed by atoms with Crippen LogP contribution in [-0.4, -0.2) is 25.1 Å². The summed E-state index contributed by atoms with van der Waals surface area (Å²) in [6.07, 6.45) is 2.39. The van der Waals surface area contributed by atoms with Crippen molar-refractivity contribution >= 4 is 5.78 Å². The third kappa shape index (κ3) is 3.92. The zero-order valence-corrected chi connectivity index (χ0v) is 16.0. The summed E-state index contributed by atoms with van der Waals surface area (Å²) in [5, 5.41) is 10.3. The van der Waals surface area contributed by atoms with Gasteiger partial charge in [-0.2, -0.15) is 0 Å². The van der Waals surface area contributed by atoms with Crippen LogP contribution < -0.4 is 14.2 Å². The van der Waals surface area contributed by atoms with Gasteiger partial charge in [0.1, 0.15) is 17.6 Å². The van der Waals surface area contributed by atoms with Gasteiger partial charge >= 0.3 is 0 Å². The molecule has 1 unspecified atom stereocenters. The average molecular weight is 368 g/mol. The van der Waals surface area contributed by atoms with Crippen molar-refractivity contribution in [3.05, 3.63) is 58.7 Å². The Hall–Kier alpha value is -2.95. The smallest absolute Gasteiger partial charge is 0.170 e. The van der Waals surface area contributed by atoms with Gasteiger partial charge < -0.3 is 19.3 Å². The monoisotopic (exact) mass is 368 g/mol. The summed E-state index contributed by atoms with van der Waals surface area (Å²) >= 11 is 0. The van der Waals surface area contributed by atoms with E-state index in [1.54, 1.807) is 26.4 Å². The van der Waals surface area contributed by atoms with E-state index in [0.717, 1.165) is 16.7 Å². The van der Waals surface area contributed by atoms with Gasteiger partial charge in [0.2, 0.25) is 0 Å². The van der Waals surface area contributed by atoms with Crippen molar-refractivity contribution in [2.75, 3.05) is 14.2 Å². The van der Waals surface area contributed by atoms with Crippen molar-refractivity contribution in [3.63, 3.8) is 0 Å². The number of Topliss-reactive ketones (excluding diaryl/α,β-unsaturated/α-hetero) is 1. The standard InChI is InChI=1S/C22H24O5/c1-13(2)5-6-14-9-16-18(24)12-20(27-21(16)11-17(14)23)15-7-8-19(25-3)22(10-15)26-4/h5,7-11,20,23H,6,12H2,1-4H3. The Kier molecular flexibility index (Phi) is 5.40. The highest BCUT2D eigenvalue weighted by atomic mass is 16.5. The quantitative estimate of drug-likeness (QED) is 0.780. The van der Waals surface area contributed by atoms with Gasteiger partial charge in [0, 0.05) is 6.07 Å². The molecule has 0 bridgehead atoms. The van der Waals surface area contributed by atoms with Crippen LogP contribution in [0.2, 0.25) is 0 Å². The highest BCUT2D eigenvalue weighted by molar-refractivity contribution is 6.00. The Bertz CT molecular complexity index is 894. The molecule has 0 saturated carbocycles. The predicted molar refractivity (Wildman–Crippen MR) is 103 cm³/mol. The number of fused-ring (bicyclic) bond motifs is 1. The molecule has 2 aromatic carbocycles. The third-order valence-electron chi connectivity index (χ3n) is 4.63. The molecule has 0 spiro atoms. The van der Waals surface area contributed by atoms with Crippen LogP contribution in [0.5, 0.6) is 23.0 Å². The summed E-state index contributed by atoms with van der Waals surface area (Å²) in [7, 11) is 3.14. The lowest BCUT2D eigenvalue weighted by atomic mass is 9.94. The number of ether oxygens (including phenoxy) is 3. The molecular formula is C22H24O5. The van der Waals surface area contributed by atoms with E-state index < -0.39 is 6.10 Å². The lowest BCUT2D eigenvalue weighted by Gasteiger charge is -2.26. The molecule has 5 heteroatoms. The number of carbonyl (C=O) groups is 1. The Morgan fingerprint density at radius 2 is 1.93 bits per heavy atom. The van der Waals surface area contributed by atoms with Crippen LogP contribution in [0.4, 0.5) is 0 Å². The maximum atomic E-state index is 12.7. The van der Waals surface area contributed by atoms with Gasteiger partial charge in [0.15, 0.2) is 17.3 Å². The van der Waals surface area contributed by atoms with Crippen molar-refractivity contribution in [1.29, 1.82) is 0 Å². The van der Waals surface area contributed by atoms with E-state index in [9.17, 15) is 9.90 Å². The van der Waals surface area contributed by atoms with Crippen LogP contribution in [-0.2, 0) is 6.42 Å². The van der Waals surface area contributed by atoms with Crippen LogP contribution in [0.25, 0.3) is 0 Å². The van der Waals surface area contributed by atoms with E-state index in [1.165, 1.54) is 6.07 Å². The molecule has 1 aliphatic heterocycles. The number of carbonyl (C=O) groups excluding carboxylic acids is 1. The number of allylic oxidation sites excluding steroid dienone is 2. The Balaban J connectivity index is 1.91. The topological polar surface area (TPSA) is 65.0 Å². The van der Waals surface area contributed by atoms with Crippen LogP contribution in [0.15, 0.2) is 42.0 Å². The SMILES string of the molecule is COc1ccc(C2CC(=O)c3cc(CC=C(C)C)c(O)cc3O2)cc1OC. The van der Waals surface area contributed by atoms with Crippen molar-refractivity contribution in [3.8, 4) is 23.0 Å². The largest absolute Gasteiger partial charge is 0.508 e. The Morgan fingerprint density at radius 3 is 2.59 bits per heavy atom. The zero-order chi connectivity index (χ0) is 19.6. The summed E-state index contributed by atoms with van der Waals surface area (Å²) < 4.78 is 16.6. The lowest BCUT2D eigenvalue weighted by Crippen LogP contribution is -2.20. The molecule has 142 valence electrons. The molecular weight excluding hydrogens is 344 g/mol. The number of phenols is 1. The minimum absolute atomic E-state index is 0.00511. The molecule has 5 nitrogen and oxygen atoms in total. The Morgan fingerprint density at radius 1 is 1.19 bits per heavy atom. The lowest BCUT2D eigenvalue weighted by molar-refractivity contribution is 0.0849. The maximum absolute atomic E-state index is 12.7. The first-order chi connectivity index (χ1) is 12.9. The summed E-state index contributed by atoms with van der Waals surface area (Å²) in [6.45, 7) is 3.99. The fraction of sp³-hybridized carbons (Fsp3) is 0.318. The highest BCUT2D eigenvalue weighted by Crippen LogP contribution is 2.40. The molecule has 0 aliphatic carbocycles. The Labute approximate surface area is 159 Å². The number of methoxy groups -OCH3 is 2. The molecule has 0 aromatic heterocycles. The second kappa shape index (κ2) is 7.74. The van der Waals surface area contributed by atoms with E-state index in [2.05, 4.69) is 0 Å². The van der Waals surface area contributed by atoms with Gasteiger partial charge in [0.05, 0.1) is 26.2 Å². The molecule has 1 heterocycles. The molecule has 3 rings (SSSR count). The molecule has 1 atom stereocenters. The summed E-state index contributed by atoms with van der Waals surface area (Å²) in [6, 6.07) is 8.72. The van der Waals surface area contributed by atoms with Gasteiger partial charge in [-0.25, -0.2) is 0 Å². The minimum Gasteiger partial charge on any atom is -0.508 e. The zero-order valence-electron chi connectivity index (χ0n) is 16.0. The van der Waals surface area contributed by atoms with Crippen LogP contribution in [0, 0.1) is 0 Å². The first kappa shape index (κ1) is 18.8. The van der Waals surface area contributed by atoms with Crippen molar-refractivity contribution in [1.82, 2.24) is 0 Å². The van der Waals surface area contributed by atoms with E-state index in [0.29, 0.717) is 29.2 Å². The van der Waals surface area contributed by atoms with Crippen LogP contribution >= 0.6 is 0 Å². The van der Waals surface area contributed by atoms with Gasteiger partial charge in [-0.05, 0) is 49.6 Å². The summed E-state index contributed by atoms with van der Waals surface area (Å²) in [4.78, 5) is 12.7. The normalized spacial score (nSPS) is 15.6. The van der Waals surface area contributed by atoms with Crippen LogP contribution in [0.1, 0.15) is 47.9 Å². The van der Waals surface area contributed by atoms with E-state index in [-0.39, 0.29) is 18.0 Å². The van der Waals surface area contributed by atoms with E-state index in [4.69, 9.17) is 14.2 Å². The molecule has 2 aromatic rings. The van der Waals surface area contributed by atoms with E-state index in [1.807, 2.05) is 32.1 Å². The number of benzene rings is 2. The number of aromatic hydroxyl groups is 1. The fourth-order valence-electron chi connectivity index (χ4n) is 3.12. The number of hydrogen-bond donors (Lipinski definition) is 1. The molecule has 0 fully saturated rings. The molecule has 1 aliphatic rings. The molecule has 0 radical (unpaired) electrons. The number of phenolic OH excluding ortho intramolecular Hbond substituents is 1. The van der Waals surface area contributed by atoms with Crippen LogP contribution in [0.3, 0.4) is 0 Å². The second-order valence-electron chi connectivity index (χ2n) is 6.81.